The fraction of sp³-hybridized carbons (Fsp3) is 0.500. The zero-order valence-electron chi connectivity index (χ0n) is 22.4. The Labute approximate surface area is 237 Å². The number of hydrogen-bond acceptors (Lipinski definition) is 5. The molecule has 1 spiro atoms. The number of carbonyl (C=O) groups is 3. The largest absolute Gasteiger partial charge is 0.396 e. The zero-order valence-corrected chi connectivity index (χ0v) is 23.9. The Hall–Kier alpha value is -2.75. The summed E-state index contributed by atoms with van der Waals surface area (Å²) in [5, 5.41) is 15.3. The number of carbonyl (C=O) groups excluding carboxylic acids is 3. The molecule has 3 aliphatic rings. The van der Waals surface area contributed by atoms with Crippen molar-refractivity contribution >= 4 is 39.3 Å². The Morgan fingerprint density at radius 3 is 2.62 bits per heavy atom. The summed E-state index contributed by atoms with van der Waals surface area (Å²) < 4.78 is 6.56. The van der Waals surface area contributed by atoms with E-state index >= 15 is 0 Å². The van der Waals surface area contributed by atoms with Crippen LogP contribution in [0.25, 0.3) is 0 Å². The second-order valence-corrected chi connectivity index (χ2v) is 12.2. The number of hydrogen-bond donors (Lipinski definition) is 3. The maximum atomic E-state index is 14.0. The van der Waals surface area contributed by atoms with Crippen LogP contribution < -0.4 is 10.6 Å². The summed E-state index contributed by atoms with van der Waals surface area (Å²) in [7, 11) is 0. The molecule has 208 valence electrons. The summed E-state index contributed by atoms with van der Waals surface area (Å²) >= 11 is 3.71. The van der Waals surface area contributed by atoms with Gasteiger partial charge in [-0.15, -0.1) is 0 Å². The van der Waals surface area contributed by atoms with Gasteiger partial charge in [-0.1, -0.05) is 58.4 Å². The highest BCUT2D eigenvalue weighted by atomic mass is 79.9. The third-order valence-electron chi connectivity index (χ3n) is 8.36. The van der Waals surface area contributed by atoms with E-state index in [1.807, 2.05) is 62.4 Å². The lowest BCUT2D eigenvalue weighted by atomic mass is 9.70. The average Bonchev–Trinajstić information content (AvgIpc) is 3.51. The molecule has 8 nitrogen and oxygen atoms in total. The summed E-state index contributed by atoms with van der Waals surface area (Å²) in [6, 6.07) is 14.6. The zero-order chi connectivity index (χ0) is 27.7. The highest BCUT2D eigenvalue weighted by molar-refractivity contribution is 9.09. The first-order valence-electron chi connectivity index (χ1n) is 13.7. The van der Waals surface area contributed by atoms with Gasteiger partial charge in [0.25, 0.3) is 0 Å². The molecular formula is C30H36BrN3O5. The summed E-state index contributed by atoms with van der Waals surface area (Å²) in [4.78, 5) is 43.1. The number of rotatable bonds is 10. The van der Waals surface area contributed by atoms with Crippen LogP contribution in [0.3, 0.4) is 0 Å². The number of alkyl halides is 1. The Morgan fingerprint density at radius 1 is 1.10 bits per heavy atom. The fourth-order valence-corrected chi connectivity index (χ4v) is 7.46. The van der Waals surface area contributed by atoms with Crippen molar-refractivity contribution in [3.05, 3.63) is 65.2 Å². The summed E-state index contributed by atoms with van der Waals surface area (Å²) in [5.41, 5.74) is 2.52. The minimum atomic E-state index is -1.09. The van der Waals surface area contributed by atoms with Crippen molar-refractivity contribution in [3.63, 3.8) is 0 Å². The van der Waals surface area contributed by atoms with E-state index in [9.17, 15) is 19.5 Å². The molecule has 2 bridgehead atoms. The van der Waals surface area contributed by atoms with E-state index in [1.54, 1.807) is 4.90 Å². The standard InChI is InChI=1S/C30H36BrN3O5/c1-18-11-12-19(2)22(15-18)33-28(37)26-30-16-21(31)25(39-30)23(27(36)32-17-20-9-5-3-6-10-20)24(30)29(38)34(26)13-7-4-8-14-35/h3,5-6,9-12,15,21,23-26,35H,4,7-8,13-14,16-17H2,1-2H3,(H,32,36)(H,33,37)/t21?,23-,24-,25-,26?,30?/m0/s1. The van der Waals surface area contributed by atoms with Gasteiger partial charge in [0, 0.05) is 30.2 Å². The van der Waals surface area contributed by atoms with Gasteiger partial charge in [-0.2, -0.15) is 0 Å². The molecule has 3 amide bonds. The van der Waals surface area contributed by atoms with Crippen LogP contribution in [0.1, 0.15) is 42.4 Å². The van der Waals surface area contributed by atoms with Crippen molar-refractivity contribution in [2.24, 2.45) is 11.8 Å². The van der Waals surface area contributed by atoms with Gasteiger partial charge in [0.2, 0.25) is 17.7 Å². The maximum Gasteiger partial charge on any atom is 0.250 e. The number of benzene rings is 2. The van der Waals surface area contributed by atoms with Gasteiger partial charge in [0.15, 0.2) is 0 Å². The van der Waals surface area contributed by atoms with E-state index in [0.717, 1.165) is 23.1 Å². The molecule has 3 N–H and O–H groups in total. The third-order valence-corrected chi connectivity index (χ3v) is 9.20. The molecule has 0 radical (unpaired) electrons. The first-order chi connectivity index (χ1) is 18.8. The second kappa shape index (κ2) is 11.4. The number of ether oxygens (including phenoxy) is 1. The Bertz CT molecular complexity index is 1240. The number of aliphatic hydroxyl groups is 1. The molecule has 3 saturated heterocycles. The molecule has 0 saturated carbocycles. The number of fused-ring (bicyclic) bond motifs is 1. The van der Waals surface area contributed by atoms with Gasteiger partial charge in [-0.3, -0.25) is 14.4 Å². The topological polar surface area (TPSA) is 108 Å². The van der Waals surface area contributed by atoms with Crippen LogP contribution in [0.2, 0.25) is 0 Å². The molecule has 3 fully saturated rings. The van der Waals surface area contributed by atoms with Crippen LogP contribution in [0.5, 0.6) is 0 Å². The number of amides is 3. The number of halogens is 1. The Morgan fingerprint density at radius 2 is 1.87 bits per heavy atom. The summed E-state index contributed by atoms with van der Waals surface area (Å²) in [6.45, 7) is 4.69. The number of unbranched alkanes of at least 4 members (excludes halogenated alkanes) is 2. The minimum Gasteiger partial charge on any atom is -0.396 e. The van der Waals surface area contributed by atoms with E-state index in [4.69, 9.17) is 4.74 Å². The number of nitrogens with zero attached hydrogens (tertiary/aromatic N) is 1. The highest BCUT2D eigenvalue weighted by Crippen LogP contribution is 2.60. The van der Waals surface area contributed by atoms with Gasteiger partial charge in [0.05, 0.1) is 17.9 Å². The predicted molar refractivity (Wildman–Crippen MR) is 151 cm³/mol. The van der Waals surface area contributed by atoms with Crippen molar-refractivity contribution in [2.45, 2.75) is 68.6 Å². The molecule has 2 aromatic rings. The van der Waals surface area contributed by atoms with Crippen molar-refractivity contribution in [1.29, 1.82) is 0 Å². The van der Waals surface area contributed by atoms with Gasteiger partial charge in [-0.25, -0.2) is 0 Å². The average molecular weight is 599 g/mol. The van der Waals surface area contributed by atoms with Gasteiger partial charge in [0.1, 0.15) is 11.6 Å². The fourth-order valence-electron chi connectivity index (χ4n) is 6.52. The Balaban J connectivity index is 1.44. The minimum absolute atomic E-state index is 0.0801. The normalized spacial score (nSPS) is 29.0. The number of likely N-dealkylation sites (tertiary alicyclic amines) is 1. The van der Waals surface area contributed by atoms with E-state index in [1.165, 1.54) is 0 Å². The molecule has 0 aromatic heterocycles. The molecule has 0 aliphatic carbocycles. The number of aliphatic hydroxyl groups excluding tert-OH is 1. The van der Waals surface area contributed by atoms with Crippen LogP contribution in [0.4, 0.5) is 5.69 Å². The van der Waals surface area contributed by atoms with Crippen LogP contribution >= 0.6 is 15.9 Å². The van der Waals surface area contributed by atoms with Crippen LogP contribution in [-0.2, 0) is 25.7 Å². The van der Waals surface area contributed by atoms with Crippen molar-refractivity contribution in [3.8, 4) is 0 Å². The number of anilines is 1. The first kappa shape index (κ1) is 27.8. The van der Waals surface area contributed by atoms with Crippen molar-refractivity contribution < 1.29 is 24.2 Å². The Kier molecular flexibility index (Phi) is 8.12. The molecule has 6 atom stereocenters. The predicted octanol–water partition coefficient (Wildman–Crippen LogP) is 3.47. The molecule has 2 aromatic carbocycles. The summed E-state index contributed by atoms with van der Waals surface area (Å²) in [6.07, 6.45) is 1.97. The van der Waals surface area contributed by atoms with Crippen LogP contribution in [-0.4, -0.2) is 63.5 Å². The molecule has 39 heavy (non-hydrogen) atoms. The van der Waals surface area contributed by atoms with Crippen LogP contribution in [0, 0.1) is 25.7 Å². The van der Waals surface area contributed by atoms with E-state index in [2.05, 4.69) is 26.6 Å². The number of aryl methyl sites for hydroxylation is 2. The highest BCUT2D eigenvalue weighted by Gasteiger charge is 2.76. The first-order valence-corrected chi connectivity index (χ1v) is 14.6. The molecule has 9 heteroatoms. The molecular weight excluding hydrogens is 562 g/mol. The maximum absolute atomic E-state index is 14.0. The van der Waals surface area contributed by atoms with E-state index < -0.39 is 29.6 Å². The van der Waals surface area contributed by atoms with E-state index in [-0.39, 0.29) is 29.2 Å². The SMILES string of the molecule is Cc1ccc(C)c(NC(=O)C2N(CCCCCO)C(=O)[C@@H]3[C@H](C(=O)NCc4ccccc4)[C@H]4OC23CC4Br)c1. The number of nitrogens with one attached hydrogen (secondary N) is 2. The van der Waals surface area contributed by atoms with Gasteiger partial charge >= 0.3 is 0 Å². The lowest BCUT2D eigenvalue weighted by molar-refractivity contribution is -0.140. The smallest absolute Gasteiger partial charge is 0.250 e. The van der Waals surface area contributed by atoms with Gasteiger partial charge in [-0.05, 0) is 62.3 Å². The quantitative estimate of drug-likeness (QED) is 0.287. The molecule has 3 heterocycles. The molecule has 3 unspecified atom stereocenters. The van der Waals surface area contributed by atoms with Crippen LogP contribution in [0.15, 0.2) is 48.5 Å². The second-order valence-electron chi connectivity index (χ2n) is 11.0. The van der Waals surface area contributed by atoms with Gasteiger partial charge < -0.3 is 25.4 Å². The van der Waals surface area contributed by atoms with Crippen molar-refractivity contribution in [2.75, 3.05) is 18.5 Å². The lowest BCUT2D eigenvalue weighted by Gasteiger charge is -2.34. The molecule has 3 aliphatic heterocycles. The van der Waals surface area contributed by atoms with Crippen molar-refractivity contribution in [1.82, 2.24) is 10.2 Å². The molecule has 5 rings (SSSR count). The van der Waals surface area contributed by atoms with E-state index in [0.29, 0.717) is 38.0 Å². The summed E-state index contributed by atoms with van der Waals surface area (Å²) in [5.74, 6) is -2.17. The monoisotopic (exact) mass is 597 g/mol. The lowest BCUT2D eigenvalue weighted by Crippen LogP contribution is -2.54. The third kappa shape index (κ3) is 5.12.